The Morgan fingerprint density at radius 2 is 2.12 bits per heavy atom. The summed E-state index contributed by atoms with van der Waals surface area (Å²) < 4.78 is 10.9. The van der Waals surface area contributed by atoms with Crippen LogP contribution in [0.4, 0.5) is 0 Å². The van der Waals surface area contributed by atoms with Crippen LogP contribution in [0.3, 0.4) is 0 Å². The summed E-state index contributed by atoms with van der Waals surface area (Å²) in [5, 5.41) is 2.84. The Morgan fingerprint density at radius 1 is 1.33 bits per heavy atom. The van der Waals surface area contributed by atoms with Crippen LogP contribution in [-0.4, -0.2) is 54.3 Å². The number of nitrogens with two attached hydrogens (primary N) is 1. The highest BCUT2D eigenvalue weighted by Gasteiger charge is 2.19. The molecule has 2 atom stereocenters. The summed E-state index contributed by atoms with van der Waals surface area (Å²) >= 11 is 0. The number of nitrogens with one attached hydrogen (secondary N) is 2. The second kappa shape index (κ2) is 11.2. The first-order valence-corrected chi connectivity index (χ1v) is 11.4. The summed E-state index contributed by atoms with van der Waals surface area (Å²) in [6, 6.07) is 5.92. The van der Waals surface area contributed by atoms with Crippen molar-refractivity contribution in [2.75, 3.05) is 26.4 Å². The summed E-state index contributed by atoms with van der Waals surface area (Å²) in [7, 11) is 0. The third-order valence-corrected chi connectivity index (χ3v) is 5.94. The number of H-pyrrole nitrogens is 1. The molecule has 2 amide bonds. The highest BCUT2D eigenvalue weighted by Crippen LogP contribution is 2.26. The number of ether oxygens (including phenoxy) is 2. The first-order valence-electron chi connectivity index (χ1n) is 11.4. The molecular weight excluding hydrogens is 420 g/mol. The van der Waals surface area contributed by atoms with Gasteiger partial charge in [0.25, 0.3) is 5.91 Å². The minimum Gasteiger partial charge on any atom is -0.376 e. The molecule has 3 rings (SSSR count). The Kier molecular flexibility index (Phi) is 8.41. The lowest BCUT2D eigenvalue weighted by molar-refractivity contribution is -0.114. The van der Waals surface area contributed by atoms with Crippen LogP contribution in [0.25, 0.3) is 17.3 Å². The maximum absolute atomic E-state index is 12.6. The predicted octanol–water partition coefficient (Wildman–Crippen LogP) is 3.14. The molecule has 2 aromatic rings. The Labute approximate surface area is 195 Å². The molecule has 0 bridgehead atoms. The van der Waals surface area contributed by atoms with E-state index < -0.39 is 5.91 Å². The fourth-order valence-electron chi connectivity index (χ4n) is 3.68. The standard InChI is InChI=1S/C25H34N4O4/c1-5-15(2)10-20(23(26)30)12-19-11-18(7-6-16(19)3)22-17(4)28-24(29-22)25(31)27-13-21-14-32-8-9-33-21/h6-7,11-12,15,21H,5,8-10,13-14H2,1-4H3,(H2,26,30)(H,27,31)(H,28,29)/b20-12+. The predicted molar refractivity (Wildman–Crippen MR) is 128 cm³/mol. The molecular formula is C25H34N4O4. The average molecular weight is 455 g/mol. The number of carbonyl (C=O) groups is 2. The van der Waals surface area contributed by atoms with E-state index in [0.29, 0.717) is 50.0 Å². The van der Waals surface area contributed by atoms with E-state index in [4.69, 9.17) is 15.2 Å². The van der Waals surface area contributed by atoms with Gasteiger partial charge in [-0.15, -0.1) is 0 Å². The number of aromatic nitrogens is 2. The highest BCUT2D eigenvalue weighted by atomic mass is 16.6. The molecule has 0 radical (unpaired) electrons. The number of rotatable bonds is 9. The second-order valence-corrected chi connectivity index (χ2v) is 8.66. The van der Waals surface area contributed by atoms with Gasteiger partial charge in [-0.1, -0.05) is 32.4 Å². The van der Waals surface area contributed by atoms with Crippen LogP contribution >= 0.6 is 0 Å². The number of hydrogen-bond acceptors (Lipinski definition) is 5. The number of hydrogen-bond donors (Lipinski definition) is 3. The van der Waals surface area contributed by atoms with Gasteiger partial charge < -0.3 is 25.5 Å². The molecule has 1 aromatic carbocycles. The molecule has 0 aliphatic carbocycles. The molecule has 2 unspecified atom stereocenters. The molecule has 1 aliphatic rings. The highest BCUT2D eigenvalue weighted by molar-refractivity contribution is 5.97. The van der Waals surface area contributed by atoms with E-state index in [2.05, 4.69) is 29.1 Å². The molecule has 1 fully saturated rings. The van der Waals surface area contributed by atoms with Gasteiger partial charge in [-0.3, -0.25) is 9.59 Å². The van der Waals surface area contributed by atoms with Crippen LogP contribution < -0.4 is 11.1 Å². The summed E-state index contributed by atoms with van der Waals surface area (Å²) in [6.45, 7) is 10.0. The largest absolute Gasteiger partial charge is 0.376 e. The Balaban J connectivity index is 1.80. The molecule has 1 aliphatic heterocycles. The zero-order valence-corrected chi connectivity index (χ0v) is 19.9. The summed E-state index contributed by atoms with van der Waals surface area (Å²) in [4.78, 5) is 32.2. The van der Waals surface area contributed by atoms with Gasteiger partial charge in [0.15, 0.2) is 5.82 Å². The van der Waals surface area contributed by atoms with Gasteiger partial charge >= 0.3 is 0 Å². The minimum absolute atomic E-state index is 0.153. The van der Waals surface area contributed by atoms with Crippen LogP contribution in [-0.2, 0) is 14.3 Å². The quantitative estimate of drug-likeness (QED) is 0.503. The lowest BCUT2D eigenvalue weighted by Gasteiger charge is -2.22. The SMILES string of the molecule is CCC(C)C/C(=C\c1cc(-c2nc(C(=O)NCC3COCCO3)[nH]c2C)ccc1C)C(N)=O. The number of amides is 2. The second-order valence-electron chi connectivity index (χ2n) is 8.66. The van der Waals surface area contributed by atoms with Gasteiger partial charge in [-0.2, -0.15) is 0 Å². The van der Waals surface area contributed by atoms with Crippen molar-refractivity contribution in [2.45, 2.75) is 46.6 Å². The maximum atomic E-state index is 12.6. The third-order valence-electron chi connectivity index (χ3n) is 5.94. The monoisotopic (exact) mass is 454 g/mol. The van der Waals surface area contributed by atoms with Crippen molar-refractivity contribution in [3.63, 3.8) is 0 Å². The lowest BCUT2D eigenvalue weighted by atomic mass is 9.94. The smallest absolute Gasteiger partial charge is 0.287 e. The number of primary amides is 1. The van der Waals surface area contributed by atoms with E-state index in [0.717, 1.165) is 28.8 Å². The number of nitrogens with zero attached hydrogens (tertiary/aromatic N) is 1. The first-order chi connectivity index (χ1) is 15.8. The molecule has 4 N–H and O–H groups in total. The Hall–Kier alpha value is -2.97. The zero-order chi connectivity index (χ0) is 24.0. The molecule has 8 heteroatoms. The molecule has 1 aromatic heterocycles. The van der Waals surface area contributed by atoms with Gasteiger partial charge in [-0.05, 0) is 49.5 Å². The molecule has 0 saturated carbocycles. The van der Waals surface area contributed by atoms with Crippen molar-refractivity contribution < 1.29 is 19.1 Å². The average Bonchev–Trinajstić information content (AvgIpc) is 3.20. The minimum atomic E-state index is -0.401. The van der Waals surface area contributed by atoms with Gasteiger partial charge in [0, 0.05) is 23.4 Å². The van der Waals surface area contributed by atoms with Crippen molar-refractivity contribution >= 4 is 17.9 Å². The van der Waals surface area contributed by atoms with Crippen LogP contribution in [0, 0.1) is 19.8 Å². The molecule has 1 saturated heterocycles. The van der Waals surface area contributed by atoms with Crippen molar-refractivity contribution in [3.8, 4) is 11.3 Å². The molecule has 0 spiro atoms. The number of aryl methyl sites for hydroxylation is 2. The van der Waals surface area contributed by atoms with E-state index in [1.807, 2.05) is 38.1 Å². The van der Waals surface area contributed by atoms with Gasteiger partial charge in [0.1, 0.15) is 0 Å². The van der Waals surface area contributed by atoms with E-state index >= 15 is 0 Å². The number of carbonyl (C=O) groups excluding carboxylic acids is 2. The number of imidazole rings is 1. The van der Waals surface area contributed by atoms with E-state index in [1.165, 1.54) is 0 Å². The van der Waals surface area contributed by atoms with Gasteiger partial charge in [0.2, 0.25) is 5.91 Å². The number of aromatic amines is 1. The number of benzene rings is 1. The van der Waals surface area contributed by atoms with Crippen LogP contribution in [0.1, 0.15) is 54.1 Å². The molecule has 33 heavy (non-hydrogen) atoms. The Morgan fingerprint density at radius 3 is 2.79 bits per heavy atom. The first kappa shape index (κ1) is 24.7. The van der Waals surface area contributed by atoms with Gasteiger partial charge in [-0.25, -0.2) is 4.98 Å². The fourth-order valence-corrected chi connectivity index (χ4v) is 3.68. The van der Waals surface area contributed by atoms with Gasteiger partial charge in [0.05, 0.1) is 31.6 Å². The van der Waals surface area contributed by atoms with Crippen molar-refractivity contribution in [1.29, 1.82) is 0 Å². The van der Waals surface area contributed by atoms with Crippen LogP contribution in [0.15, 0.2) is 23.8 Å². The van der Waals surface area contributed by atoms with Crippen LogP contribution in [0.2, 0.25) is 0 Å². The van der Waals surface area contributed by atoms with Crippen molar-refractivity contribution in [3.05, 3.63) is 46.4 Å². The molecule has 2 heterocycles. The summed E-state index contributed by atoms with van der Waals surface area (Å²) in [5.74, 6) is -0.0864. The Bertz CT molecular complexity index is 1020. The lowest BCUT2D eigenvalue weighted by Crippen LogP contribution is -2.40. The van der Waals surface area contributed by atoms with E-state index in [-0.39, 0.29) is 17.8 Å². The molecule has 178 valence electrons. The summed E-state index contributed by atoms with van der Waals surface area (Å²) in [5.41, 5.74) is 10.5. The zero-order valence-electron chi connectivity index (χ0n) is 19.9. The maximum Gasteiger partial charge on any atom is 0.287 e. The summed E-state index contributed by atoms with van der Waals surface area (Å²) in [6.07, 6.45) is 3.33. The van der Waals surface area contributed by atoms with Crippen molar-refractivity contribution in [2.24, 2.45) is 11.7 Å². The fraction of sp³-hybridized carbons (Fsp3) is 0.480. The topological polar surface area (TPSA) is 119 Å². The van der Waals surface area contributed by atoms with Crippen LogP contribution in [0.5, 0.6) is 0 Å². The molecule has 8 nitrogen and oxygen atoms in total. The van der Waals surface area contributed by atoms with Crippen molar-refractivity contribution in [1.82, 2.24) is 15.3 Å². The van der Waals surface area contributed by atoms with E-state index in [1.54, 1.807) is 0 Å². The normalized spacial score (nSPS) is 17.6. The third kappa shape index (κ3) is 6.52. The van der Waals surface area contributed by atoms with E-state index in [9.17, 15) is 9.59 Å².